The first-order valence-corrected chi connectivity index (χ1v) is 21.8. The van der Waals surface area contributed by atoms with Gasteiger partial charge in [-0.25, -0.2) is 5.41 Å². The van der Waals surface area contributed by atoms with Crippen LogP contribution in [0.4, 0.5) is 17.1 Å². The Labute approximate surface area is 377 Å². The summed E-state index contributed by atoms with van der Waals surface area (Å²) in [6.07, 6.45) is 0. The molecule has 65 heavy (non-hydrogen) atoms. The largest absolute Gasteiger partial charge is 0.386 e. The normalized spacial score (nSPS) is 11.2. The fourth-order valence-corrected chi connectivity index (χ4v) is 8.88. The minimum atomic E-state index is -0.0138. The second-order valence-electron chi connectivity index (χ2n) is 16.2. The Bertz CT molecular complexity index is 3510. The minimum absolute atomic E-state index is 0.0138. The highest BCUT2D eigenvalue weighted by Gasteiger charge is 2.18. The minimum Gasteiger partial charge on any atom is -0.386 e. The summed E-state index contributed by atoms with van der Waals surface area (Å²) in [5.74, 6) is 0.177. The number of para-hydroxylation sites is 2. The lowest BCUT2D eigenvalue weighted by Crippen LogP contribution is -2.43. The van der Waals surface area contributed by atoms with Crippen LogP contribution in [0.2, 0.25) is 0 Å². The van der Waals surface area contributed by atoms with Gasteiger partial charge in [-0.15, -0.1) is 0 Å². The molecule has 308 valence electrons. The third kappa shape index (κ3) is 7.62. The molecule has 0 aliphatic rings. The van der Waals surface area contributed by atoms with Crippen molar-refractivity contribution < 1.29 is 10.1 Å². The number of hydrogen-bond acceptors (Lipinski definition) is 3. The standard InChI is InChI=1S/C60H42N4O/c61-59(45-13-4-1-5-14-45)65-60(62)46-28-34-54(35-29-46)63(51-16-6-2-7-17-51)53-32-26-44(27-33-53)50-31-37-58-56(40-50)55-39-49(30-36-57(55)64(58)52-18-8-3-9-19-52)43-22-20-42(21-23-43)48-25-24-41-12-10-11-15-47(41)38-48/h1-40,61-62H/p+1. The van der Waals surface area contributed by atoms with Gasteiger partial charge in [0.25, 0.3) is 0 Å². The van der Waals surface area contributed by atoms with Crippen LogP contribution in [0.5, 0.6) is 0 Å². The van der Waals surface area contributed by atoms with E-state index in [0.717, 1.165) is 45.0 Å². The molecule has 0 radical (unpaired) electrons. The Morgan fingerprint density at radius 3 is 1.40 bits per heavy atom. The average molecular weight is 836 g/mol. The number of nitrogens with two attached hydrogens (primary N) is 1. The van der Waals surface area contributed by atoms with Gasteiger partial charge in [-0.05, 0) is 147 Å². The smallest absolute Gasteiger partial charge is 0.373 e. The Morgan fingerprint density at radius 1 is 0.385 bits per heavy atom. The molecular formula is C60H43N4O+. The van der Waals surface area contributed by atoms with Gasteiger partial charge in [0.05, 0.1) is 16.6 Å². The first-order valence-electron chi connectivity index (χ1n) is 21.8. The van der Waals surface area contributed by atoms with Crippen molar-refractivity contribution in [2.24, 2.45) is 0 Å². The summed E-state index contributed by atoms with van der Waals surface area (Å²) in [6.45, 7) is 0. The van der Waals surface area contributed by atoms with Crippen LogP contribution in [0.15, 0.2) is 243 Å². The van der Waals surface area contributed by atoms with Crippen molar-refractivity contribution in [3.63, 3.8) is 0 Å². The van der Waals surface area contributed by atoms with Gasteiger partial charge in [0.1, 0.15) is 0 Å². The van der Waals surface area contributed by atoms with E-state index in [1.165, 1.54) is 49.3 Å². The van der Waals surface area contributed by atoms with Gasteiger partial charge >= 0.3 is 5.90 Å². The van der Waals surface area contributed by atoms with E-state index in [2.05, 4.69) is 179 Å². The molecule has 5 heteroatoms. The topological polar surface area (TPSA) is 66.8 Å². The molecule has 0 bridgehead atoms. The van der Waals surface area contributed by atoms with E-state index < -0.39 is 0 Å². The molecule has 0 saturated carbocycles. The van der Waals surface area contributed by atoms with E-state index in [9.17, 15) is 0 Å². The Balaban J connectivity index is 0.922. The zero-order chi connectivity index (χ0) is 43.7. The summed E-state index contributed by atoms with van der Waals surface area (Å²) in [4.78, 5) is 2.22. The highest BCUT2D eigenvalue weighted by molar-refractivity contribution is 6.12. The molecule has 3 N–H and O–H groups in total. The number of rotatable bonds is 9. The maximum absolute atomic E-state index is 8.63. The summed E-state index contributed by atoms with van der Waals surface area (Å²) in [6, 6.07) is 84.8. The first-order chi connectivity index (χ1) is 32.0. The Hall–Kier alpha value is -8.80. The van der Waals surface area contributed by atoms with Crippen molar-refractivity contribution in [1.29, 1.82) is 5.41 Å². The first kappa shape index (κ1) is 39.1. The average Bonchev–Trinajstić information content (AvgIpc) is 3.70. The molecule has 11 aromatic rings. The van der Waals surface area contributed by atoms with Crippen molar-refractivity contribution in [2.45, 2.75) is 0 Å². The second-order valence-corrected chi connectivity index (χ2v) is 16.2. The SMILES string of the molecule is N=C(OC(=[NH2+])c1ccccc1)c1ccc(N(c2ccccc2)c2ccc(-c3ccc4c(c3)c3cc(-c5ccc(-c6ccc7ccccc7c6)cc5)ccc3n4-c3ccccc3)cc2)cc1. The van der Waals surface area contributed by atoms with Gasteiger partial charge in [-0.1, -0.05) is 140 Å². The zero-order valence-electron chi connectivity index (χ0n) is 35.5. The van der Waals surface area contributed by atoms with Crippen LogP contribution in [-0.4, -0.2) is 16.4 Å². The molecule has 11 rings (SSSR count). The lowest BCUT2D eigenvalue weighted by molar-refractivity contribution is -0.130. The molecule has 0 unspecified atom stereocenters. The Morgan fingerprint density at radius 2 is 0.815 bits per heavy atom. The molecule has 0 saturated heterocycles. The molecule has 1 aromatic heterocycles. The van der Waals surface area contributed by atoms with E-state index in [1.807, 2.05) is 72.8 Å². The van der Waals surface area contributed by atoms with Crippen molar-refractivity contribution in [2.75, 3.05) is 4.90 Å². The van der Waals surface area contributed by atoms with E-state index in [-0.39, 0.29) is 11.8 Å². The van der Waals surface area contributed by atoms with Gasteiger partial charge in [-0.3, -0.25) is 5.41 Å². The van der Waals surface area contributed by atoms with Gasteiger partial charge < -0.3 is 14.2 Å². The number of aromatic nitrogens is 1. The quantitative estimate of drug-likeness (QED) is 0.112. The van der Waals surface area contributed by atoms with Gasteiger partial charge in [0.2, 0.25) is 5.90 Å². The maximum atomic E-state index is 8.63. The van der Waals surface area contributed by atoms with Crippen LogP contribution in [0.1, 0.15) is 11.1 Å². The molecule has 0 aliphatic heterocycles. The van der Waals surface area contributed by atoms with Crippen molar-refractivity contribution in [3.8, 4) is 39.1 Å². The second kappa shape index (κ2) is 16.8. The summed E-state index contributed by atoms with van der Waals surface area (Å²) in [5.41, 5.74) is 14.8. The summed E-state index contributed by atoms with van der Waals surface area (Å²) in [7, 11) is 0. The maximum Gasteiger partial charge on any atom is 0.373 e. The fourth-order valence-electron chi connectivity index (χ4n) is 8.88. The van der Waals surface area contributed by atoms with Crippen molar-refractivity contribution in [3.05, 3.63) is 254 Å². The third-order valence-corrected chi connectivity index (χ3v) is 12.2. The molecule has 1 heterocycles. The van der Waals surface area contributed by atoms with Crippen LogP contribution < -0.4 is 10.3 Å². The molecule has 0 fully saturated rings. The number of hydrogen-bond donors (Lipinski definition) is 2. The number of benzene rings is 10. The lowest BCUT2D eigenvalue weighted by Gasteiger charge is -2.26. The van der Waals surface area contributed by atoms with E-state index in [1.54, 1.807) is 0 Å². The fraction of sp³-hybridized carbons (Fsp3) is 0. The predicted octanol–water partition coefficient (Wildman–Crippen LogP) is 14.0. The highest BCUT2D eigenvalue weighted by atomic mass is 16.5. The number of anilines is 3. The predicted molar refractivity (Wildman–Crippen MR) is 270 cm³/mol. The van der Waals surface area contributed by atoms with Crippen LogP contribution in [0, 0.1) is 5.41 Å². The van der Waals surface area contributed by atoms with Crippen LogP contribution in [0.3, 0.4) is 0 Å². The molecule has 0 atom stereocenters. The summed E-state index contributed by atoms with van der Waals surface area (Å²) >= 11 is 0. The van der Waals surface area contributed by atoms with Gasteiger partial charge in [0.15, 0.2) is 0 Å². The molecule has 0 amide bonds. The third-order valence-electron chi connectivity index (χ3n) is 12.2. The number of fused-ring (bicyclic) bond motifs is 4. The molecular weight excluding hydrogens is 793 g/mol. The Kier molecular flexibility index (Phi) is 10.1. The van der Waals surface area contributed by atoms with Crippen LogP contribution >= 0.6 is 0 Å². The number of nitrogens with zero attached hydrogens (tertiary/aromatic N) is 2. The van der Waals surface area contributed by atoms with E-state index in [4.69, 9.17) is 15.6 Å². The number of ether oxygens (including phenoxy) is 1. The lowest BCUT2D eigenvalue weighted by atomic mass is 9.97. The van der Waals surface area contributed by atoms with Crippen molar-refractivity contribution in [1.82, 2.24) is 4.57 Å². The monoisotopic (exact) mass is 835 g/mol. The highest BCUT2D eigenvalue weighted by Crippen LogP contribution is 2.40. The molecule has 0 aliphatic carbocycles. The van der Waals surface area contributed by atoms with E-state index in [0.29, 0.717) is 5.56 Å². The van der Waals surface area contributed by atoms with Crippen molar-refractivity contribution >= 4 is 61.4 Å². The summed E-state index contributed by atoms with van der Waals surface area (Å²) in [5, 5.41) is 19.7. The molecule has 10 aromatic carbocycles. The van der Waals surface area contributed by atoms with Gasteiger partial charge in [-0.2, -0.15) is 0 Å². The van der Waals surface area contributed by atoms with E-state index >= 15 is 0 Å². The van der Waals surface area contributed by atoms with Gasteiger partial charge in [0, 0.05) is 39.1 Å². The zero-order valence-corrected chi connectivity index (χ0v) is 35.5. The van der Waals surface area contributed by atoms with Crippen LogP contribution in [0.25, 0.3) is 71.6 Å². The summed E-state index contributed by atoms with van der Waals surface area (Å²) < 4.78 is 8.11. The molecule has 5 nitrogen and oxygen atoms in total. The molecule has 0 spiro atoms. The van der Waals surface area contributed by atoms with Crippen LogP contribution in [-0.2, 0) is 4.74 Å². The number of nitrogens with one attached hydrogen (secondary N) is 1.